The van der Waals surface area contributed by atoms with Crippen molar-refractivity contribution in [3.8, 4) is 0 Å². The van der Waals surface area contributed by atoms with Gasteiger partial charge in [-0.25, -0.2) is 4.98 Å². The van der Waals surface area contributed by atoms with E-state index in [9.17, 15) is 0 Å². The van der Waals surface area contributed by atoms with Crippen molar-refractivity contribution >= 4 is 5.82 Å². The quantitative estimate of drug-likeness (QED) is 0.902. The minimum Gasteiger partial charge on any atom is -0.354 e. The number of pyridine rings is 1. The molecule has 0 bridgehead atoms. The number of piperazine rings is 1. The summed E-state index contributed by atoms with van der Waals surface area (Å²) in [6.07, 6.45) is 1.23. The van der Waals surface area contributed by atoms with Crippen LogP contribution < -0.4 is 10.2 Å². The molecule has 0 saturated carbocycles. The van der Waals surface area contributed by atoms with Crippen molar-refractivity contribution in [2.24, 2.45) is 0 Å². The van der Waals surface area contributed by atoms with Crippen LogP contribution in [0.15, 0.2) is 6.07 Å². The average molecular weight is 290 g/mol. The predicted octanol–water partition coefficient (Wildman–Crippen LogP) is 2.34. The third-order valence-corrected chi connectivity index (χ3v) is 4.64. The molecule has 1 fully saturated rings. The zero-order valence-corrected chi connectivity index (χ0v) is 14.2. The zero-order chi connectivity index (χ0) is 15.4. The minimum absolute atomic E-state index is 0.691. The third-order valence-electron chi connectivity index (χ3n) is 4.64. The topological polar surface area (TPSA) is 31.4 Å². The molecule has 21 heavy (non-hydrogen) atoms. The van der Waals surface area contributed by atoms with Crippen LogP contribution in [-0.2, 0) is 6.54 Å². The van der Waals surface area contributed by atoms with Gasteiger partial charge in [0.05, 0.1) is 0 Å². The predicted molar refractivity (Wildman–Crippen MR) is 90.0 cm³/mol. The number of nitrogens with zero attached hydrogens (tertiary/aromatic N) is 3. The molecule has 1 aromatic rings. The molecular formula is C17H30N4. The molecule has 1 aliphatic heterocycles. The summed E-state index contributed by atoms with van der Waals surface area (Å²) in [4.78, 5) is 9.89. The van der Waals surface area contributed by atoms with E-state index in [4.69, 9.17) is 4.98 Å². The number of anilines is 1. The zero-order valence-electron chi connectivity index (χ0n) is 14.2. The Hall–Kier alpha value is -1.13. The van der Waals surface area contributed by atoms with Gasteiger partial charge in [-0.05, 0) is 45.9 Å². The third kappa shape index (κ3) is 3.74. The maximum atomic E-state index is 4.83. The first kappa shape index (κ1) is 16.2. The number of nitrogens with one attached hydrogen (secondary N) is 1. The SMILES string of the molecule is CCC(C)N1CCN(c2nc(C)cc(C)c2CNC)CC1. The number of rotatable bonds is 5. The van der Waals surface area contributed by atoms with Gasteiger partial charge in [0, 0.05) is 50.0 Å². The maximum absolute atomic E-state index is 4.83. The molecule has 1 aromatic heterocycles. The van der Waals surface area contributed by atoms with Gasteiger partial charge < -0.3 is 10.2 Å². The Morgan fingerprint density at radius 3 is 2.48 bits per heavy atom. The number of hydrogen-bond donors (Lipinski definition) is 1. The number of aromatic nitrogens is 1. The maximum Gasteiger partial charge on any atom is 0.133 e. The van der Waals surface area contributed by atoms with Gasteiger partial charge in [0.1, 0.15) is 5.82 Å². The first-order valence-corrected chi connectivity index (χ1v) is 8.17. The summed E-state index contributed by atoms with van der Waals surface area (Å²) in [5.74, 6) is 1.19. The fourth-order valence-corrected chi connectivity index (χ4v) is 3.13. The number of hydrogen-bond acceptors (Lipinski definition) is 4. The highest BCUT2D eigenvalue weighted by atomic mass is 15.3. The molecule has 1 atom stereocenters. The van der Waals surface area contributed by atoms with Gasteiger partial charge in [0.25, 0.3) is 0 Å². The second-order valence-corrected chi connectivity index (χ2v) is 6.19. The molecule has 0 amide bonds. The lowest BCUT2D eigenvalue weighted by Gasteiger charge is -2.39. The van der Waals surface area contributed by atoms with Crippen LogP contribution >= 0.6 is 0 Å². The summed E-state index contributed by atoms with van der Waals surface area (Å²) in [6.45, 7) is 14.2. The molecule has 1 saturated heterocycles. The van der Waals surface area contributed by atoms with Crippen LogP contribution in [0.5, 0.6) is 0 Å². The lowest BCUT2D eigenvalue weighted by molar-refractivity contribution is 0.192. The second-order valence-electron chi connectivity index (χ2n) is 6.19. The van der Waals surface area contributed by atoms with Crippen molar-refractivity contribution in [1.29, 1.82) is 0 Å². The Labute approximate surface area is 129 Å². The van der Waals surface area contributed by atoms with Crippen LogP contribution in [0.4, 0.5) is 5.82 Å². The molecule has 1 aliphatic rings. The molecule has 0 radical (unpaired) electrons. The van der Waals surface area contributed by atoms with Crippen LogP contribution in [-0.4, -0.2) is 49.2 Å². The van der Waals surface area contributed by atoms with Crippen molar-refractivity contribution in [3.63, 3.8) is 0 Å². The summed E-state index contributed by atoms with van der Waals surface area (Å²) in [5, 5.41) is 3.28. The van der Waals surface area contributed by atoms with E-state index in [1.165, 1.54) is 23.4 Å². The Kier molecular flexibility index (Phi) is 5.59. The van der Waals surface area contributed by atoms with Crippen molar-refractivity contribution in [2.75, 3.05) is 38.1 Å². The minimum atomic E-state index is 0.691. The first-order valence-electron chi connectivity index (χ1n) is 8.17. The van der Waals surface area contributed by atoms with E-state index in [0.717, 1.165) is 38.4 Å². The molecule has 0 spiro atoms. The summed E-state index contributed by atoms with van der Waals surface area (Å²) in [5.41, 5.74) is 3.81. The number of aryl methyl sites for hydroxylation is 2. The van der Waals surface area contributed by atoms with E-state index in [2.05, 4.69) is 48.9 Å². The van der Waals surface area contributed by atoms with E-state index < -0.39 is 0 Å². The van der Waals surface area contributed by atoms with Crippen molar-refractivity contribution in [2.45, 2.75) is 46.7 Å². The average Bonchev–Trinajstić information content (AvgIpc) is 2.49. The molecule has 0 aliphatic carbocycles. The highest BCUT2D eigenvalue weighted by Gasteiger charge is 2.23. The van der Waals surface area contributed by atoms with Gasteiger partial charge in [-0.3, -0.25) is 4.90 Å². The monoisotopic (exact) mass is 290 g/mol. The van der Waals surface area contributed by atoms with Crippen LogP contribution in [0.1, 0.15) is 37.1 Å². The van der Waals surface area contributed by atoms with E-state index in [1.54, 1.807) is 0 Å². The van der Waals surface area contributed by atoms with Gasteiger partial charge in [0.15, 0.2) is 0 Å². The Morgan fingerprint density at radius 2 is 1.90 bits per heavy atom. The molecule has 2 heterocycles. The van der Waals surface area contributed by atoms with E-state index >= 15 is 0 Å². The van der Waals surface area contributed by atoms with E-state index in [1.807, 2.05) is 7.05 Å². The van der Waals surface area contributed by atoms with Crippen LogP contribution in [0.2, 0.25) is 0 Å². The van der Waals surface area contributed by atoms with Crippen LogP contribution in [0.3, 0.4) is 0 Å². The van der Waals surface area contributed by atoms with Gasteiger partial charge in [-0.1, -0.05) is 6.92 Å². The Morgan fingerprint density at radius 1 is 1.24 bits per heavy atom. The molecular weight excluding hydrogens is 260 g/mol. The normalized spacial score (nSPS) is 18.0. The van der Waals surface area contributed by atoms with Crippen LogP contribution in [0, 0.1) is 13.8 Å². The highest BCUT2D eigenvalue weighted by molar-refractivity contribution is 5.52. The Bertz CT molecular complexity index is 464. The van der Waals surface area contributed by atoms with E-state index in [-0.39, 0.29) is 0 Å². The molecule has 1 N–H and O–H groups in total. The van der Waals surface area contributed by atoms with E-state index in [0.29, 0.717) is 6.04 Å². The first-order chi connectivity index (χ1) is 10.1. The Balaban J connectivity index is 2.16. The second kappa shape index (κ2) is 7.23. The highest BCUT2D eigenvalue weighted by Crippen LogP contribution is 2.24. The summed E-state index contributed by atoms with van der Waals surface area (Å²) < 4.78 is 0. The fraction of sp³-hybridized carbons (Fsp3) is 0.706. The molecule has 0 aromatic carbocycles. The summed E-state index contributed by atoms with van der Waals surface area (Å²) in [6, 6.07) is 2.88. The van der Waals surface area contributed by atoms with Crippen molar-refractivity contribution < 1.29 is 0 Å². The standard InChI is InChI=1S/C17H30N4/c1-6-15(4)20-7-9-21(10-8-20)17-16(12-18-5)13(2)11-14(3)19-17/h11,15,18H,6-10,12H2,1-5H3. The summed E-state index contributed by atoms with van der Waals surface area (Å²) in [7, 11) is 2.00. The molecule has 2 rings (SSSR count). The van der Waals surface area contributed by atoms with Crippen LogP contribution in [0.25, 0.3) is 0 Å². The molecule has 4 heteroatoms. The van der Waals surface area contributed by atoms with Gasteiger partial charge in [0.2, 0.25) is 0 Å². The molecule has 1 unspecified atom stereocenters. The van der Waals surface area contributed by atoms with Gasteiger partial charge in [-0.15, -0.1) is 0 Å². The van der Waals surface area contributed by atoms with Crippen molar-refractivity contribution in [3.05, 3.63) is 22.9 Å². The van der Waals surface area contributed by atoms with Gasteiger partial charge >= 0.3 is 0 Å². The largest absolute Gasteiger partial charge is 0.354 e. The lowest BCUT2D eigenvalue weighted by atomic mass is 10.1. The molecule has 4 nitrogen and oxygen atoms in total. The van der Waals surface area contributed by atoms with Crippen molar-refractivity contribution in [1.82, 2.24) is 15.2 Å². The lowest BCUT2D eigenvalue weighted by Crippen LogP contribution is -2.50. The smallest absolute Gasteiger partial charge is 0.133 e. The fourth-order valence-electron chi connectivity index (χ4n) is 3.13. The van der Waals surface area contributed by atoms with Gasteiger partial charge in [-0.2, -0.15) is 0 Å². The summed E-state index contributed by atoms with van der Waals surface area (Å²) >= 11 is 0. The molecule has 118 valence electrons.